The van der Waals surface area contributed by atoms with Gasteiger partial charge < -0.3 is 0 Å². The van der Waals surface area contributed by atoms with Crippen molar-refractivity contribution in [3.63, 3.8) is 0 Å². The lowest BCUT2D eigenvalue weighted by Crippen LogP contribution is -2.33. The summed E-state index contributed by atoms with van der Waals surface area (Å²) < 4.78 is 0. The van der Waals surface area contributed by atoms with Gasteiger partial charge in [0.25, 0.3) is 0 Å². The second-order valence-corrected chi connectivity index (χ2v) is 5.84. The largest absolute Gasteiger partial charge is 0.0996 e. The topological polar surface area (TPSA) is 0 Å². The molecule has 0 bridgehead atoms. The van der Waals surface area contributed by atoms with Gasteiger partial charge in [-0.2, -0.15) is 0 Å². The molecule has 0 aromatic heterocycles. The molecular weight excluding hydrogens is 180 g/mol. The van der Waals surface area contributed by atoms with Crippen LogP contribution in [0, 0.1) is 23.7 Å². The molecule has 1 fully saturated rings. The van der Waals surface area contributed by atoms with Crippen LogP contribution in [0.1, 0.15) is 46.5 Å². The lowest BCUT2D eigenvalue weighted by Gasteiger charge is -2.43. The number of allylic oxidation sites excluding steroid dienone is 3. The summed E-state index contributed by atoms with van der Waals surface area (Å²) in [6.45, 7) is 11.3. The molecule has 0 heteroatoms. The Bertz CT molecular complexity index is 282. The van der Waals surface area contributed by atoms with Crippen molar-refractivity contribution >= 4 is 0 Å². The van der Waals surface area contributed by atoms with E-state index in [9.17, 15) is 0 Å². The zero-order valence-corrected chi connectivity index (χ0v) is 10.4. The highest BCUT2D eigenvalue weighted by atomic mass is 14.4. The Morgan fingerprint density at radius 1 is 1.27 bits per heavy atom. The summed E-state index contributed by atoms with van der Waals surface area (Å²) >= 11 is 0. The maximum absolute atomic E-state index is 4.29. The van der Waals surface area contributed by atoms with Crippen LogP contribution in [0.2, 0.25) is 0 Å². The van der Waals surface area contributed by atoms with Gasteiger partial charge in [-0.05, 0) is 56.3 Å². The Hall–Kier alpha value is -0.520. The van der Waals surface area contributed by atoms with Crippen molar-refractivity contribution in [3.05, 3.63) is 23.8 Å². The molecule has 3 atom stereocenters. The maximum Gasteiger partial charge on any atom is -0.0134 e. The predicted molar refractivity (Wildman–Crippen MR) is 66.7 cm³/mol. The van der Waals surface area contributed by atoms with Crippen LogP contribution < -0.4 is 0 Å². The molecule has 0 N–H and O–H groups in total. The fourth-order valence-electron chi connectivity index (χ4n) is 3.51. The Kier molecular flexibility index (Phi) is 3.04. The number of fused-ring (bicyclic) bond motifs is 1. The molecule has 2 unspecified atom stereocenters. The molecule has 15 heavy (non-hydrogen) atoms. The van der Waals surface area contributed by atoms with Gasteiger partial charge in [-0.25, -0.2) is 0 Å². The quantitative estimate of drug-likeness (QED) is 0.548. The summed E-state index contributed by atoms with van der Waals surface area (Å²) in [6, 6.07) is 0. The van der Waals surface area contributed by atoms with Crippen molar-refractivity contribution in [2.45, 2.75) is 46.5 Å². The van der Waals surface area contributed by atoms with Crippen LogP contribution >= 0.6 is 0 Å². The molecule has 0 nitrogen and oxygen atoms in total. The van der Waals surface area contributed by atoms with E-state index in [2.05, 4.69) is 33.4 Å². The van der Waals surface area contributed by atoms with E-state index in [1.807, 2.05) is 0 Å². The molecule has 0 aromatic carbocycles. The van der Waals surface area contributed by atoms with Crippen LogP contribution in [0.3, 0.4) is 0 Å². The van der Waals surface area contributed by atoms with Crippen molar-refractivity contribution in [3.8, 4) is 0 Å². The van der Waals surface area contributed by atoms with Gasteiger partial charge in [0.05, 0.1) is 0 Å². The van der Waals surface area contributed by atoms with Crippen LogP contribution in [0.25, 0.3) is 0 Å². The highest BCUT2D eigenvalue weighted by Crippen LogP contribution is 2.47. The normalized spacial score (nSPS) is 36.4. The molecule has 0 spiro atoms. The highest BCUT2D eigenvalue weighted by Gasteiger charge is 2.36. The van der Waals surface area contributed by atoms with Crippen molar-refractivity contribution in [2.24, 2.45) is 23.7 Å². The molecule has 0 aromatic rings. The van der Waals surface area contributed by atoms with Gasteiger partial charge in [-0.1, -0.05) is 37.6 Å². The monoisotopic (exact) mass is 204 g/mol. The molecule has 2 aliphatic carbocycles. The number of rotatable bonds is 1. The third-order valence-corrected chi connectivity index (χ3v) is 4.47. The van der Waals surface area contributed by atoms with E-state index < -0.39 is 0 Å². The highest BCUT2D eigenvalue weighted by molar-refractivity contribution is 5.19. The van der Waals surface area contributed by atoms with E-state index >= 15 is 0 Å². The van der Waals surface area contributed by atoms with Gasteiger partial charge in [0.2, 0.25) is 0 Å². The molecular formula is C15H24. The van der Waals surface area contributed by atoms with Crippen LogP contribution in [-0.2, 0) is 0 Å². The molecule has 0 saturated heterocycles. The third-order valence-electron chi connectivity index (χ3n) is 4.47. The van der Waals surface area contributed by atoms with E-state index in [0.29, 0.717) is 0 Å². The van der Waals surface area contributed by atoms with Crippen LogP contribution in [0.15, 0.2) is 23.8 Å². The lowest BCUT2D eigenvalue weighted by molar-refractivity contribution is 0.179. The summed E-state index contributed by atoms with van der Waals surface area (Å²) in [5.41, 5.74) is 3.14. The fraction of sp³-hybridized carbons (Fsp3) is 0.733. The Balaban J connectivity index is 2.24. The molecule has 1 saturated carbocycles. The zero-order chi connectivity index (χ0) is 11.0. The lowest BCUT2D eigenvalue weighted by atomic mass is 9.62. The fourth-order valence-corrected chi connectivity index (χ4v) is 3.51. The predicted octanol–water partition coefficient (Wildman–Crippen LogP) is 4.58. The van der Waals surface area contributed by atoms with Gasteiger partial charge >= 0.3 is 0 Å². The Labute approximate surface area is 94.5 Å². The minimum Gasteiger partial charge on any atom is -0.0996 e. The molecule has 84 valence electrons. The van der Waals surface area contributed by atoms with Crippen molar-refractivity contribution in [1.82, 2.24) is 0 Å². The number of hydrogen-bond acceptors (Lipinski definition) is 0. The average molecular weight is 204 g/mol. The van der Waals surface area contributed by atoms with E-state index in [1.165, 1.54) is 31.3 Å². The summed E-state index contributed by atoms with van der Waals surface area (Å²) in [7, 11) is 0. The first-order valence-corrected chi connectivity index (χ1v) is 6.44. The van der Waals surface area contributed by atoms with E-state index in [4.69, 9.17) is 0 Å². The standard InChI is InChI=1S/C15H24/c1-10(2)13-8-6-12(4)14-7-5-11(3)9-15(13)14/h9-10,13-15H,4-8H2,1-3H3/t13-,14?,15?/m0/s1. The first-order chi connectivity index (χ1) is 7.09. The van der Waals surface area contributed by atoms with Crippen molar-refractivity contribution < 1.29 is 0 Å². The first kappa shape index (κ1) is 11.0. The average Bonchev–Trinajstić information content (AvgIpc) is 2.17. The van der Waals surface area contributed by atoms with Crippen LogP contribution in [0.5, 0.6) is 0 Å². The summed E-state index contributed by atoms with van der Waals surface area (Å²) in [5.74, 6) is 3.33. The van der Waals surface area contributed by atoms with Crippen molar-refractivity contribution in [1.29, 1.82) is 0 Å². The molecule has 0 aliphatic heterocycles. The van der Waals surface area contributed by atoms with Gasteiger partial charge in [-0.3, -0.25) is 0 Å². The molecule has 2 aliphatic rings. The molecule has 0 radical (unpaired) electrons. The minimum atomic E-state index is 0.801. The Morgan fingerprint density at radius 2 is 2.00 bits per heavy atom. The zero-order valence-electron chi connectivity index (χ0n) is 10.4. The second kappa shape index (κ2) is 4.15. The van der Waals surface area contributed by atoms with Crippen molar-refractivity contribution in [2.75, 3.05) is 0 Å². The summed E-state index contributed by atoms with van der Waals surface area (Å²) in [6.07, 6.45) is 7.85. The summed E-state index contributed by atoms with van der Waals surface area (Å²) in [4.78, 5) is 0. The first-order valence-electron chi connectivity index (χ1n) is 6.44. The SMILES string of the molecule is C=C1CC[C@@H](C(C)C)C2C=C(C)CCC12. The van der Waals surface area contributed by atoms with Crippen LogP contribution in [-0.4, -0.2) is 0 Å². The third kappa shape index (κ3) is 2.04. The molecule has 0 heterocycles. The Morgan fingerprint density at radius 3 is 2.67 bits per heavy atom. The maximum atomic E-state index is 4.29. The van der Waals surface area contributed by atoms with Gasteiger partial charge in [0, 0.05) is 0 Å². The van der Waals surface area contributed by atoms with E-state index in [0.717, 1.165) is 23.7 Å². The minimum absolute atomic E-state index is 0.801. The van der Waals surface area contributed by atoms with E-state index in [-0.39, 0.29) is 0 Å². The molecule has 0 amide bonds. The number of hydrogen-bond donors (Lipinski definition) is 0. The summed E-state index contributed by atoms with van der Waals surface area (Å²) in [5, 5.41) is 0. The second-order valence-electron chi connectivity index (χ2n) is 5.84. The van der Waals surface area contributed by atoms with E-state index in [1.54, 1.807) is 5.57 Å². The van der Waals surface area contributed by atoms with Gasteiger partial charge in [0.1, 0.15) is 0 Å². The van der Waals surface area contributed by atoms with Gasteiger partial charge in [-0.15, -0.1) is 0 Å². The smallest absolute Gasteiger partial charge is 0.0134 e. The van der Waals surface area contributed by atoms with Crippen LogP contribution in [0.4, 0.5) is 0 Å². The van der Waals surface area contributed by atoms with Gasteiger partial charge in [0.15, 0.2) is 0 Å². The molecule has 2 rings (SSSR count).